The van der Waals surface area contributed by atoms with E-state index >= 15 is 13.2 Å². The highest BCUT2D eigenvalue weighted by molar-refractivity contribution is 6.13. The molecule has 0 bridgehead atoms. The Balaban J connectivity index is 0.000000150. The molecule has 9 aromatic carbocycles. The van der Waals surface area contributed by atoms with Gasteiger partial charge in [-0.1, -0.05) is 52.5 Å². The van der Waals surface area contributed by atoms with Gasteiger partial charge in [0.1, 0.15) is 34.7 Å². The highest BCUT2D eigenvalue weighted by Crippen LogP contribution is 2.51. The molecule has 1 N–H and O–H groups in total. The fourth-order valence-electron chi connectivity index (χ4n) is 16.4. The van der Waals surface area contributed by atoms with Gasteiger partial charge in [0, 0.05) is 93.0 Å². The van der Waals surface area contributed by atoms with Gasteiger partial charge in [-0.05, 0) is 306 Å². The number of carbonyl (C=O) groups excluding carboxylic acids is 2. The molecule has 0 unspecified atom stereocenters. The number of pyridine rings is 3. The van der Waals surface area contributed by atoms with Gasteiger partial charge in [-0.15, -0.1) is 0 Å². The summed E-state index contributed by atoms with van der Waals surface area (Å²) in [5.41, 5.74) is 14.6. The summed E-state index contributed by atoms with van der Waals surface area (Å²) in [5, 5.41) is 17.7. The van der Waals surface area contributed by atoms with Gasteiger partial charge in [-0.3, -0.25) is 15.0 Å². The van der Waals surface area contributed by atoms with Crippen LogP contribution in [0.15, 0.2) is 134 Å². The van der Waals surface area contributed by atoms with Crippen molar-refractivity contribution in [1.29, 1.82) is 0 Å². The number of aromatic nitrogens is 3. The average molecular weight is 1560 g/mol. The largest absolute Gasteiger partial charge is 0.493 e. The van der Waals surface area contributed by atoms with Gasteiger partial charge < -0.3 is 43.0 Å². The molecule has 3 aliphatic rings. The second-order valence-electron chi connectivity index (χ2n) is 33.7. The second-order valence-corrected chi connectivity index (χ2v) is 33.7. The Morgan fingerprint density at radius 2 is 0.774 bits per heavy atom. The van der Waals surface area contributed by atoms with Crippen molar-refractivity contribution in [3.05, 3.63) is 219 Å². The Bertz CT molecular complexity index is 5880. The molecule has 0 aliphatic carbocycles. The van der Waals surface area contributed by atoms with E-state index in [0.717, 1.165) is 135 Å². The first-order valence-electron chi connectivity index (χ1n) is 39.6. The number of ether oxygens (including phenoxy) is 8. The van der Waals surface area contributed by atoms with Crippen molar-refractivity contribution in [3.8, 4) is 50.6 Å². The molecule has 18 heteroatoms. The van der Waals surface area contributed by atoms with E-state index in [9.17, 15) is 19.5 Å². The monoisotopic (exact) mass is 1560 g/mol. The van der Waals surface area contributed by atoms with Crippen LogP contribution in [0.1, 0.15) is 208 Å². The van der Waals surface area contributed by atoms with Crippen molar-refractivity contribution < 1.29 is 70.6 Å². The number of aryl methyl sites for hydroxylation is 3. The summed E-state index contributed by atoms with van der Waals surface area (Å²) in [7, 11) is 0. The minimum atomic E-state index is -1.26. The zero-order chi connectivity index (χ0) is 82.8. The number of esters is 2. The Hall–Kier alpha value is -10.8. The fraction of sp³-hybridized carbons (Fsp3) is 0.361. The Morgan fingerprint density at radius 1 is 0.461 bits per heavy atom. The first kappa shape index (κ1) is 82.2. The first-order chi connectivity index (χ1) is 54.5. The quantitative estimate of drug-likeness (QED) is 0.0849. The third-order valence-electron chi connectivity index (χ3n) is 21.1. The third-order valence-corrected chi connectivity index (χ3v) is 21.1. The molecule has 12 aromatic rings. The van der Waals surface area contributed by atoms with Gasteiger partial charge in [0.2, 0.25) is 0 Å². The molecular weight excluding hydrogens is 1460 g/mol. The first-order valence-corrected chi connectivity index (χ1v) is 39.6. The minimum Gasteiger partial charge on any atom is -0.493 e. The number of aliphatic carboxylic acids is 1. The molecule has 598 valence electrons. The summed E-state index contributed by atoms with van der Waals surface area (Å²) in [4.78, 5) is 53.9. The SMILES string of the molecule is C=C(C)c1cc2cc(C)c([C@H](OC(C)(C)C)C(=O)OCC)c(-c3ccc4c5c(ccnc35)CCO4)c2cc1F.CCOC(=O)[C@@H](OC(C)(C)C)c1c(C)cc2cc(C(C)C)c(F)cc2c1-c1ccc2c3c(ccnc13)CCO2.Cc1cc2cc(C(C)C)c(F)cc2c(-c2ccc3c4c(ccnc24)CCO3)c1[C@H](OC(C)(C)C)C(=O)O. The molecule has 15 rings (SSSR count). The zero-order valence-corrected chi connectivity index (χ0v) is 69.3. The number of carboxylic acid groups (broad SMARTS) is 1. The van der Waals surface area contributed by atoms with E-state index < -0.39 is 53.0 Å². The lowest BCUT2D eigenvalue weighted by molar-refractivity contribution is -0.167. The smallest absolute Gasteiger partial charge is 0.339 e. The van der Waals surface area contributed by atoms with Crippen molar-refractivity contribution in [2.45, 2.75) is 198 Å². The van der Waals surface area contributed by atoms with Gasteiger partial charge in [0.15, 0.2) is 18.3 Å². The lowest BCUT2D eigenvalue weighted by Gasteiger charge is -2.30. The van der Waals surface area contributed by atoms with E-state index in [1.165, 1.54) is 12.1 Å². The molecule has 3 aromatic heterocycles. The number of carboxylic acids is 1. The molecule has 0 fully saturated rings. The number of halogens is 3. The summed E-state index contributed by atoms with van der Waals surface area (Å²) in [6.07, 6.45) is 4.37. The van der Waals surface area contributed by atoms with E-state index in [4.69, 9.17) is 52.8 Å². The van der Waals surface area contributed by atoms with Gasteiger partial charge in [-0.2, -0.15) is 0 Å². The summed E-state index contributed by atoms with van der Waals surface area (Å²) in [6, 6.07) is 33.8. The Kier molecular flexibility index (Phi) is 23.2. The number of fused-ring (bicyclic) bond motifs is 3. The molecule has 3 aliphatic heterocycles. The maximum atomic E-state index is 15.6. The summed E-state index contributed by atoms with van der Waals surface area (Å²) >= 11 is 0. The maximum absolute atomic E-state index is 15.6. The standard InChI is InChI=1S/C33H36FNO4.C33H34FNO4.C31H32FNO4/c2*1-8-37-32(36)31(39-33(5,6)7)27-19(4)15-21-16-23(18(2)3)25(34)17-24(21)29(27)22-9-10-26-28-20(12-14-38-26)11-13-35-30(22)28;1-16(2)21-14-19-13-17(3)25(29(30(34)35)37-31(4,5)6)27(22(19)15-23(21)32)20-7-8-24-26-18(10-12-36-24)9-11-33-28(20)26/h9-11,13,15-18,31H,8,12,14H2,1-7H3;9-11,13,15-17,31H,2,8,12,14H2,1,3-7H3;7-9,11,13-16,29H,10,12H2,1-6H3,(H,34,35)/t2*31-;29-/m000/s1. The van der Waals surface area contributed by atoms with E-state index in [0.29, 0.717) is 91.6 Å². The zero-order valence-electron chi connectivity index (χ0n) is 69.3. The van der Waals surface area contributed by atoms with Crippen molar-refractivity contribution >= 4 is 88.5 Å². The Labute approximate surface area is 670 Å². The van der Waals surface area contributed by atoms with Crippen molar-refractivity contribution in [2.75, 3.05) is 33.0 Å². The molecule has 15 nitrogen and oxygen atoms in total. The second kappa shape index (κ2) is 32.5. The lowest BCUT2D eigenvalue weighted by atomic mass is 9.84. The van der Waals surface area contributed by atoms with E-state index in [-0.39, 0.29) is 42.5 Å². The van der Waals surface area contributed by atoms with Crippen LogP contribution in [0.2, 0.25) is 0 Å². The molecular formula is C97H102F3N3O12. The average Bonchev–Trinajstić information content (AvgIpc) is 0.738. The van der Waals surface area contributed by atoms with Crippen molar-refractivity contribution in [2.24, 2.45) is 0 Å². The summed E-state index contributed by atoms with van der Waals surface area (Å²) in [6.45, 7) is 42.1. The van der Waals surface area contributed by atoms with Crippen LogP contribution in [-0.4, -0.2) is 87.8 Å². The fourth-order valence-corrected chi connectivity index (χ4v) is 16.4. The highest BCUT2D eigenvalue weighted by atomic mass is 19.1. The molecule has 115 heavy (non-hydrogen) atoms. The van der Waals surface area contributed by atoms with Gasteiger partial charge in [-0.25, -0.2) is 27.6 Å². The van der Waals surface area contributed by atoms with E-state index in [1.54, 1.807) is 45.4 Å². The number of nitrogens with zero attached hydrogens (tertiary/aromatic N) is 3. The lowest BCUT2D eigenvalue weighted by Crippen LogP contribution is -2.29. The predicted octanol–water partition coefficient (Wildman–Crippen LogP) is 23.4. The molecule has 6 heterocycles. The molecule has 3 atom stereocenters. The van der Waals surface area contributed by atoms with E-state index in [1.807, 2.05) is 202 Å². The Morgan fingerprint density at radius 3 is 1.08 bits per heavy atom. The molecule has 0 spiro atoms. The number of hydrogen-bond donors (Lipinski definition) is 1. The number of benzene rings is 9. The number of rotatable bonds is 17. The van der Waals surface area contributed by atoms with E-state index in [2.05, 4.69) is 6.58 Å². The van der Waals surface area contributed by atoms with Gasteiger partial charge in [0.25, 0.3) is 0 Å². The molecule has 0 amide bonds. The maximum Gasteiger partial charge on any atom is 0.339 e. The summed E-state index contributed by atoms with van der Waals surface area (Å²) < 4.78 is 94.4. The number of carbonyl (C=O) groups is 3. The molecule has 0 saturated heterocycles. The van der Waals surface area contributed by atoms with Gasteiger partial charge in [0.05, 0.1) is 66.4 Å². The highest BCUT2D eigenvalue weighted by Gasteiger charge is 2.38. The van der Waals surface area contributed by atoms with Crippen LogP contribution in [0.5, 0.6) is 17.2 Å². The van der Waals surface area contributed by atoms with Crippen LogP contribution >= 0.6 is 0 Å². The van der Waals surface area contributed by atoms with Crippen molar-refractivity contribution in [1.82, 2.24) is 15.0 Å². The third kappa shape index (κ3) is 16.5. The van der Waals surface area contributed by atoms with Crippen LogP contribution in [0.4, 0.5) is 13.2 Å². The minimum absolute atomic E-state index is 0.00294. The molecule has 0 saturated carbocycles. The number of allylic oxidation sites excluding steroid dienone is 1. The van der Waals surface area contributed by atoms with Crippen LogP contribution in [0.25, 0.3) is 104 Å². The topological polar surface area (TPSA) is 184 Å². The number of hydrogen-bond acceptors (Lipinski definition) is 14. The predicted molar refractivity (Wildman–Crippen MR) is 450 cm³/mol. The van der Waals surface area contributed by atoms with Crippen LogP contribution in [0.3, 0.4) is 0 Å². The normalized spacial score (nSPS) is 14.1. The van der Waals surface area contributed by atoms with Crippen LogP contribution < -0.4 is 14.2 Å². The summed E-state index contributed by atoms with van der Waals surface area (Å²) in [5.74, 6) is -0.723. The van der Waals surface area contributed by atoms with Crippen LogP contribution in [0, 0.1) is 38.2 Å². The van der Waals surface area contributed by atoms with Gasteiger partial charge >= 0.3 is 17.9 Å². The van der Waals surface area contributed by atoms with Crippen molar-refractivity contribution in [3.63, 3.8) is 0 Å². The van der Waals surface area contributed by atoms with Crippen LogP contribution in [-0.2, 0) is 57.3 Å². The molecule has 0 radical (unpaired) electrons.